The second kappa shape index (κ2) is 8.56. The van der Waals surface area contributed by atoms with E-state index in [-0.39, 0.29) is 22.9 Å². The molecule has 5 heteroatoms. The van der Waals surface area contributed by atoms with Crippen LogP contribution in [0, 0.1) is 20.8 Å². The molecular formula is C29H29N3O2. The highest BCUT2D eigenvalue weighted by Gasteiger charge is 2.28. The Morgan fingerprint density at radius 3 is 2.35 bits per heavy atom. The number of hydrogen-bond donors (Lipinski definition) is 0. The van der Waals surface area contributed by atoms with Crippen molar-refractivity contribution in [1.29, 1.82) is 0 Å². The van der Waals surface area contributed by atoms with Crippen molar-refractivity contribution in [2.75, 3.05) is 0 Å². The molecule has 34 heavy (non-hydrogen) atoms. The second-order valence-corrected chi connectivity index (χ2v) is 9.51. The number of aromatic nitrogens is 3. The van der Waals surface area contributed by atoms with E-state index < -0.39 is 0 Å². The van der Waals surface area contributed by atoms with Gasteiger partial charge >= 0.3 is 0 Å². The van der Waals surface area contributed by atoms with Crippen LogP contribution in [0.4, 0.5) is 0 Å². The van der Waals surface area contributed by atoms with Crippen molar-refractivity contribution in [2.24, 2.45) is 0 Å². The Morgan fingerprint density at radius 1 is 1.00 bits per heavy atom. The molecule has 0 aliphatic heterocycles. The molecule has 0 N–H and O–H groups in total. The molecule has 2 aromatic carbocycles. The lowest BCUT2D eigenvalue weighted by Gasteiger charge is -2.19. The van der Waals surface area contributed by atoms with Gasteiger partial charge in [0.25, 0.3) is 5.56 Å². The molecule has 0 saturated heterocycles. The van der Waals surface area contributed by atoms with E-state index in [4.69, 9.17) is 0 Å². The standard InChI is InChI=1S/C29H29N3O2/c1-18-5-7-22(8-6-18)21(4)32-16-25(23-9-10-23)14-26(29(32)34)28(33)24-11-12-27(19(2)13-24)31-15-20(3)30-17-31/h5-8,11-17,21,23H,9-10H2,1-4H3. The van der Waals surface area contributed by atoms with Gasteiger partial charge in [-0.25, -0.2) is 4.98 Å². The molecule has 0 bridgehead atoms. The molecule has 5 rings (SSSR count). The van der Waals surface area contributed by atoms with Gasteiger partial charge < -0.3 is 9.13 Å². The summed E-state index contributed by atoms with van der Waals surface area (Å²) < 4.78 is 3.68. The van der Waals surface area contributed by atoms with Crippen LogP contribution in [0.3, 0.4) is 0 Å². The summed E-state index contributed by atoms with van der Waals surface area (Å²) in [7, 11) is 0. The molecule has 4 aromatic rings. The maximum Gasteiger partial charge on any atom is 0.262 e. The number of rotatable bonds is 6. The molecule has 1 atom stereocenters. The molecule has 0 amide bonds. The lowest BCUT2D eigenvalue weighted by Crippen LogP contribution is -2.29. The Balaban J connectivity index is 1.55. The largest absolute Gasteiger partial charge is 0.307 e. The van der Waals surface area contributed by atoms with Crippen LogP contribution >= 0.6 is 0 Å². The number of carbonyl (C=O) groups excluding carboxylic acids is 1. The van der Waals surface area contributed by atoms with Gasteiger partial charge in [0, 0.05) is 23.6 Å². The maximum absolute atomic E-state index is 13.6. The summed E-state index contributed by atoms with van der Waals surface area (Å²) in [4.78, 5) is 31.4. The Morgan fingerprint density at radius 2 is 1.74 bits per heavy atom. The minimum absolute atomic E-state index is 0.160. The van der Waals surface area contributed by atoms with E-state index in [9.17, 15) is 9.59 Å². The summed E-state index contributed by atoms with van der Waals surface area (Å²) in [5.74, 6) is 0.200. The van der Waals surface area contributed by atoms with E-state index in [2.05, 4.69) is 29.2 Å². The van der Waals surface area contributed by atoms with Crippen LogP contribution in [0.25, 0.3) is 5.69 Å². The van der Waals surface area contributed by atoms with Crippen molar-refractivity contribution in [3.63, 3.8) is 0 Å². The van der Waals surface area contributed by atoms with E-state index in [1.54, 1.807) is 17.0 Å². The van der Waals surface area contributed by atoms with E-state index in [1.807, 2.05) is 62.9 Å². The van der Waals surface area contributed by atoms with E-state index in [0.717, 1.165) is 40.9 Å². The fourth-order valence-corrected chi connectivity index (χ4v) is 4.51. The first kappa shape index (κ1) is 22.1. The second-order valence-electron chi connectivity index (χ2n) is 9.51. The van der Waals surface area contributed by atoms with Crippen LogP contribution in [-0.2, 0) is 0 Å². The molecule has 0 radical (unpaired) electrons. The number of aryl methyl sites for hydroxylation is 3. The van der Waals surface area contributed by atoms with Crippen LogP contribution in [0.1, 0.15) is 75.6 Å². The molecule has 172 valence electrons. The molecule has 1 unspecified atom stereocenters. The van der Waals surface area contributed by atoms with Crippen molar-refractivity contribution in [3.8, 4) is 5.69 Å². The molecule has 5 nitrogen and oxygen atoms in total. The molecule has 2 heterocycles. The fourth-order valence-electron chi connectivity index (χ4n) is 4.51. The predicted octanol–water partition coefficient (Wildman–Crippen LogP) is 5.68. The zero-order valence-corrected chi connectivity index (χ0v) is 20.1. The first-order valence-electron chi connectivity index (χ1n) is 11.8. The van der Waals surface area contributed by atoms with Crippen LogP contribution in [-0.4, -0.2) is 19.9 Å². The van der Waals surface area contributed by atoms with Crippen LogP contribution in [0.15, 0.2) is 72.0 Å². The van der Waals surface area contributed by atoms with Gasteiger partial charge in [-0.15, -0.1) is 0 Å². The number of benzene rings is 2. The van der Waals surface area contributed by atoms with Crippen molar-refractivity contribution < 1.29 is 4.79 Å². The van der Waals surface area contributed by atoms with Gasteiger partial charge in [0.1, 0.15) is 0 Å². The Kier molecular flexibility index (Phi) is 5.56. The average Bonchev–Trinajstić information content (AvgIpc) is 3.59. The number of carbonyl (C=O) groups is 1. The summed E-state index contributed by atoms with van der Waals surface area (Å²) >= 11 is 0. The minimum Gasteiger partial charge on any atom is -0.307 e. The maximum atomic E-state index is 13.6. The van der Waals surface area contributed by atoms with Crippen LogP contribution in [0.5, 0.6) is 0 Å². The predicted molar refractivity (Wildman–Crippen MR) is 134 cm³/mol. The molecule has 0 spiro atoms. The highest BCUT2D eigenvalue weighted by atomic mass is 16.1. The average molecular weight is 452 g/mol. The number of imidazole rings is 1. The molecule has 1 saturated carbocycles. The van der Waals surface area contributed by atoms with Crippen molar-refractivity contribution in [1.82, 2.24) is 14.1 Å². The van der Waals surface area contributed by atoms with Gasteiger partial charge in [-0.05, 0) is 87.4 Å². The summed E-state index contributed by atoms with van der Waals surface area (Å²) in [5.41, 5.74) is 6.68. The number of pyridine rings is 1. The smallest absolute Gasteiger partial charge is 0.262 e. The Labute approximate surface area is 199 Å². The van der Waals surface area contributed by atoms with Gasteiger partial charge in [-0.2, -0.15) is 0 Å². The highest BCUT2D eigenvalue weighted by Crippen LogP contribution is 2.40. The number of nitrogens with zero attached hydrogens (tertiary/aromatic N) is 3. The van der Waals surface area contributed by atoms with Gasteiger partial charge in [-0.3, -0.25) is 9.59 Å². The Bertz CT molecular complexity index is 1440. The quantitative estimate of drug-likeness (QED) is 0.355. The van der Waals surface area contributed by atoms with Crippen molar-refractivity contribution in [3.05, 3.63) is 117 Å². The lowest BCUT2D eigenvalue weighted by atomic mass is 9.98. The highest BCUT2D eigenvalue weighted by molar-refractivity contribution is 6.09. The zero-order valence-electron chi connectivity index (χ0n) is 20.1. The summed E-state index contributed by atoms with van der Waals surface area (Å²) in [6.45, 7) is 7.98. The van der Waals surface area contributed by atoms with E-state index >= 15 is 0 Å². The van der Waals surface area contributed by atoms with Gasteiger partial charge in [0.2, 0.25) is 0 Å². The molecule has 1 fully saturated rings. The number of ketones is 1. The summed E-state index contributed by atoms with van der Waals surface area (Å²) in [6.07, 6.45) is 7.88. The SMILES string of the molecule is Cc1ccc(C(C)n2cc(C3CC3)cc(C(=O)c3ccc(-n4cnc(C)c4)c(C)c3)c2=O)cc1. The third-order valence-corrected chi connectivity index (χ3v) is 6.78. The normalized spacial score (nSPS) is 14.2. The molecule has 2 aromatic heterocycles. The molecular weight excluding hydrogens is 422 g/mol. The van der Waals surface area contributed by atoms with Crippen molar-refractivity contribution in [2.45, 2.75) is 52.5 Å². The van der Waals surface area contributed by atoms with E-state index in [0.29, 0.717) is 11.5 Å². The minimum atomic E-state index is -0.241. The third-order valence-electron chi connectivity index (χ3n) is 6.78. The summed E-state index contributed by atoms with van der Waals surface area (Å²) in [6, 6.07) is 15.5. The topological polar surface area (TPSA) is 56.9 Å². The lowest BCUT2D eigenvalue weighted by molar-refractivity contribution is 0.103. The van der Waals surface area contributed by atoms with Crippen molar-refractivity contribution >= 4 is 5.78 Å². The van der Waals surface area contributed by atoms with Gasteiger partial charge in [-0.1, -0.05) is 29.8 Å². The first-order valence-corrected chi connectivity index (χ1v) is 11.8. The summed E-state index contributed by atoms with van der Waals surface area (Å²) in [5, 5.41) is 0. The third kappa shape index (κ3) is 4.14. The van der Waals surface area contributed by atoms with Crippen LogP contribution in [0.2, 0.25) is 0 Å². The fraction of sp³-hybridized carbons (Fsp3) is 0.276. The molecule has 1 aliphatic rings. The molecule has 1 aliphatic carbocycles. The first-order chi connectivity index (χ1) is 16.3. The zero-order chi connectivity index (χ0) is 24.0. The van der Waals surface area contributed by atoms with Gasteiger partial charge in [0.15, 0.2) is 5.78 Å². The Hall–Kier alpha value is -3.73. The number of hydrogen-bond acceptors (Lipinski definition) is 3. The van der Waals surface area contributed by atoms with E-state index in [1.165, 1.54) is 5.56 Å². The van der Waals surface area contributed by atoms with Crippen LogP contribution < -0.4 is 5.56 Å². The monoisotopic (exact) mass is 451 g/mol. The van der Waals surface area contributed by atoms with Gasteiger partial charge in [0.05, 0.1) is 23.6 Å².